The van der Waals surface area contributed by atoms with Gasteiger partial charge in [0, 0.05) is 44.3 Å². The second-order valence-corrected chi connectivity index (χ2v) is 9.45. The van der Waals surface area contributed by atoms with Crippen LogP contribution in [0, 0.1) is 0 Å². The first-order valence-corrected chi connectivity index (χ1v) is 12.1. The number of hydrogen-bond donors (Lipinski definition) is 0. The van der Waals surface area contributed by atoms with E-state index in [-0.39, 0.29) is 17.2 Å². The Morgan fingerprint density at radius 2 is 2.03 bits per heavy atom. The maximum atomic E-state index is 12.7. The Bertz CT molecular complexity index is 1110. The van der Waals surface area contributed by atoms with Crippen molar-refractivity contribution < 1.29 is 4.79 Å². The van der Waals surface area contributed by atoms with Gasteiger partial charge in [0.15, 0.2) is 5.16 Å². The molecule has 2 aromatic heterocycles. The molecule has 1 aliphatic heterocycles. The first-order valence-electron chi connectivity index (χ1n) is 9.90. The van der Waals surface area contributed by atoms with Crippen molar-refractivity contribution in [2.45, 2.75) is 25.2 Å². The minimum Gasteiger partial charge on any atom is -0.339 e. The van der Waals surface area contributed by atoms with Crippen molar-refractivity contribution in [3.63, 3.8) is 0 Å². The van der Waals surface area contributed by atoms with E-state index < -0.39 is 0 Å². The molecule has 1 saturated heterocycles. The highest BCUT2D eigenvalue weighted by molar-refractivity contribution is 7.99. The quantitative estimate of drug-likeness (QED) is 0.414. The monoisotopic (exact) mass is 462 g/mol. The lowest BCUT2D eigenvalue weighted by molar-refractivity contribution is -0.130. The van der Waals surface area contributed by atoms with Crippen molar-refractivity contribution in [2.75, 3.05) is 31.9 Å². The topological polar surface area (TPSA) is 58.4 Å². The van der Waals surface area contributed by atoms with Crippen LogP contribution in [0.5, 0.6) is 0 Å². The van der Waals surface area contributed by atoms with Gasteiger partial charge in [0.2, 0.25) is 5.91 Å². The number of carbonyl (C=O) groups excluding carboxylic acids is 1. The number of piperazine rings is 1. The molecule has 1 amide bonds. The molecule has 0 radical (unpaired) electrons. The van der Waals surface area contributed by atoms with Gasteiger partial charge in [-0.2, -0.15) is 0 Å². The van der Waals surface area contributed by atoms with Crippen molar-refractivity contribution in [1.29, 1.82) is 0 Å². The van der Waals surface area contributed by atoms with Crippen molar-refractivity contribution in [3.8, 4) is 0 Å². The lowest BCUT2D eigenvalue weighted by Crippen LogP contribution is -2.48. The number of aromatic nitrogens is 2. The molecular weight excluding hydrogens is 440 g/mol. The van der Waals surface area contributed by atoms with E-state index >= 15 is 0 Å². The molecule has 158 valence electrons. The van der Waals surface area contributed by atoms with Gasteiger partial charge in [0.25, 0.3) is 5.56 Å². The Morgan fingerprint density at radius 3 is 2.77 bits per heavy atom. The van der Waals surface area contributed by atoms with Gasteiger partial charge in [0.1, 0.15) is 4.70 Å². The zero-order valence-electron chi connectivity index (χ0n) is 16.7. The zero-order chi connectivity index (χ0) is 21.1. The fraction of sp³-hybridized carbons (Fsp3) is 0.381. The predicted molar refractivity (Wildman–Crippen MR) is 124 cm³/mol. The molecule has 0 saturated carbocycles. The highest BCUT2D eigenvalue weighted by atomic mass is 35.5. The molecular formula is C21H23ClN4O2S2. The van der Waals surface area contributed by atoms with Crippen LogP contribution in [-0.4, -0.2) is 57.2 Å². The molecule has 1 aromatic carbocycles. The molecule has 0 atom stereocenters. The van der Waals surface area contributed by atoms with Crippen molar-refractivity contribution in [1.82, 2.24) is 19.4 Å². The lowest BCUT2D eigenvalue weighted by atomic mass is 10.2. The molecule has 9 heteroatoms. The molecule has 6 nitrogen and oxygen atoms in total. The number of hydrogen-bond acceptors (Lipinski definition) is 6. The summed E-state index contributed by atoms with van der Waals surface area (Å²) in [5, 5.41) is 3.24. The summed E-state index contributed by atoms with van der Waals surface area (Å²) in [5.41, 5.74) is 1.87. The standard InChI is InChI=1S/C21H23ClN4O2S2/c1-2-26-20(28)19-17(6-11-29-19)23-21(26)30-14-18(27)25-9-7-24(8-10-25)13-15-4-3-5-16(22)12-15/h3-6,11-12H,2,7-10,13-14H2,1H3. The van der Waals surface area contributed by atoms with Crippen LogP contribution in [0.25, 0.3) is 10.2 Å². The number of carbonyl (C=O) groups is 1. The summed E-state index contributed by atoms with van der Waals surface area (Å²) in [6.07, 6.45) is 0. The SMILES string of the molecule is CCn1c(SCC(=O)N2CCN(Cc3cccc(Cl)c3)CC2)nc2ccsc2c1=O. The van der Waals surface area contributed by atoms with E-state index in [9.17, 15) is 9.59 Å². The summed E-state index contributed by atoms with van der Waals surface area (Å²) >= 11 is 8.83. The predicted octanol–water partition coefficient (Wildman–Crippen LogP) is 3.57. The maximum absolute atomic E-state index is 12.7. The minimum absolute atomic E-state index is 0.0259. The Hall–Kier alpha value is -1.87. The highest BCUT2D eigenvalue weighted by Crippen LogP contribution is 2.21. The van der Waals surface area contributed by atoms with Gasteiger partial charge < -0.3 is 4.90 Å². The number of benzene rings is 1. The molecule has 0 unspecified atom stereocenters. The summed E-state index contributed by atoms with van der Waals surface area (Å²) in [6, 6.07) is 9.76. The fourth-order valence-electron chi connectivity index (χ4n) is 3.58. The number of thioether (sulfide) groups is 1. The fourth-order valence-corrected chi connectivity index (χ4v) is 5.54. The average molecular weight is 463 g/mol. The van der Waals surface area contributed by atoms with Gasteiger partial charge >= 0.3 is 0 Å². The lowest BCUT2D eigenvalue weighted by Gasteiger charge is -2.34. The van der Waals surface area contributed by atoms with Gasteiger partial charge in [-0.3, -0.25) is 19.1 Å². The summed E-state index contributed by atoms with van der Waals surface area (Å²) in [5.74, 6) is 0.376. The Morgan fingerprint density at radius 1 is 1.23 bits per heavy atom. The first-order chi connectivity index (χ1) is 14.5. The number of nitrogens with zero attached hydrogens (tertiary/aromatic N) is 4. The van der Waals surface area contributed by atoms with E-state index in [2.05, 4.69) is 16.0 Å². The molecule has 3 aromatic rings. The third-order valence-corrected chi connectivity index (χ3v) is 7.28. The molecule has 1 aliphatic rings. The van der Waals surface area contributed by atoms with Gasteiger partial charge in [-0.05, 0) is 36.1 Å². The van der Waals surface area contributed by atoms with Gasteiger partial charge in [-0.25, -0.2) is 4.98 Å². The minimum atomic E-state index is -0.0259. The normalized spacial score (nSPS) is 15.1. The van der Waals surface area contributed by atoms with Gasteiger partial charge in [0.05, 0.1) is 11.3 Å². The second-order valence-electron chi connectivity index (χ2n) is 7.15. The number of amides is 1. The summed E-state index contributed by atoms with van der Waals surface area (Å²) in [7, 11) is 0. The van der Waals surface area contributed by atoms with Crippen molar-refractivity contribution in [3.05, 3.63) is 56.7 Å². The Balaban J connectivity index is 1.33. The average Bonchev–Trinajstić information content (AvgIpc) is 3.22. The van der Waals surface area contributed by atoms with Crippen LogP contribution in [0.1, 0.15) is 12.5 Å². The molecule has 0 aliphatic carbocycles. The third-order valence-electron chi connectivity index (χ3n) is 5.19. The van der Waals surface area contributed by atoms with Gasteiger partial charge in [-0.1, -0.05) is 35.5 Å². The maximum Gasteiger partial charge on any atom is 0.272 e. The first kappa shape index (κ1) is 21.4. The summed E-state index contributed by atoms with van der Waals surface area (Å²) in [4.78, 5) is 34.2. The van der Waals surface area contributed by atoms with E-state index in [1.165, 1.54) is 28.7 Å². The number of halogens is 1. The smallest absolute Gasteiger partial charge is 0.272 e. The van der Waals surface area contributed by atoms with Crippen LogP contribution in [0.2, 0.25) is 5.02 Å². The van der Waals surface area contributed by atoms with Crippen LogP contribution in [0.3, 0.4) is 0 Å². The molecule has 0 bridgehead atoms. The van der Waals surface area contributed by atoms with Crippen molar-refractivity contribution in [2.24, 2.45) is 0 Å². The van der Waals surface area contributed by atoms with Crippen LogP contribution in [0.15, 0.2) is 45.7 Å². The highest BCUT2D eigenvalue weighted by Gasteiger charge is 2.22. The molecule has 1 fully saturated rings. The number of thiophene rings is 1. The van der Waals surface area contributed by atoms with E-state index in [0.717, 1.165) is 24.7 Å². The molecule has 3 heterocycles. The summed E-state index contributed by atoms with van der Waals surface area (Å²) < 4.78 is 2.32. The number of fused-ring (bicyclic) bond motifs is 1. The second kappa shape index (κ2) is 9.51. The van der Waals surface area contributed by atoms with Crippen LogP contribution in [-0.2, 0) is 17.9 Å². The number of rotatable bonds is 6. The van der Waals surface area contributed by atoms with E-state index in [1.807, 2.05) is 41.5 Å². The Labute approximate surface area is 188 Å². The van der Waals surface area contributed by atoms with E-state index in [0.29, 0.717) is 35.0 Å². The molecule has 30 heavy (non-hydrogen) atoms. The van der Waals surface area contributed by atoms with Crippen LogP contribution < -0.4 is 5.56 Å². The molecule has 0 spiro atoms. The Kier molecular flexibility index (Phi) is 6.77. The van der Waals surface area contributed by atoms with E-state index in [1.54, 1.807) is 4.57 Å². The summed E-state index contributed by atoms with van der Waals surface area (Å²) in [6.45, 7) is 6.38. The zero-order valence-corrected chi connectivity index (χ0v) is 19.1. The third kappa shape index (κ3) is 4.72. The van der Waals surface area contributed by atoms with Crippen LogP contribution in [0.4, 0.5) is 0 Å². The van der Waals surface area contributed by atoms with E-state index in [4.69, 9.17) is 11.6 Å². The van der Waals surface area contributed by atoms with Crippen LogP contribution >= 0.6 is 34.7 Å². The molecule has 4 rings (SSSR count). The van der Waals surface area contributed by atoms with Crippen molar-refractivity contribution >= 4 is 50.8 Å². The molecule has 0 N–H and O–H groups in total. The van der Waals surface area contributed by atoms with Gasteiger partial charge in [-0.15, -0.1) is 11.3 Å². The largest absolute Gasteiger partial charge is 0.339 e.